The van der Waals surface area contributed by atoms with Crippen LogP contribution in [0.25, 0.3) is 0 Å². The predicted molar refractivity (Wildman–Crippen MR) is 55.0 cm³/mol. The Bertz CT molecular complexity index is 385. The van der Waals surface area contributed by atoms with E-state index >= 15 is 0 Å². The SMILES string of the molecule is Cc1nc(CNC2CC3CC=CC32)no1. The van der Waals surface area contributed by atoms with Gasteiger partial charge in [-0.05, 0) is 24.7 Å². The standard InChI is InChI=1S/C11H15N3O/c1-7-13-11(14-15-7)6-12-10-5-8-3-2-4-9(8)10/h2,4,8-10,12H,3,5-6H2,1H3. The molecule has 2 aliphatic rings. The first-order valence-corrected chi connectivity index (χ1v) is 5.52. The van der Waals surface area contributed by atoms with Crippen LogP contribution in [0, 0.1) is 18.8 Å². The van der Waals surface area contributed by atoms with Crippen molar-refractivity contribution in [2.75, 3.05) is 0 Å². The van der Waals surface area contributed by atoms with E-state index in [-0.39, 0.29) is 0 Å². The fourth-order valence-electron chi connectivity index (χ4n) is 2.58. The average molecular weight is 205 g/mol. The van der Waals surface area contributed by atoms with Gasteiger partial charge in [0.2, 0.25) is 5.89 Å². The number of allylic oxidation sites excluding steroid dienone is 1. The molecule has 80 valence electrons. The Morgan fingerprint density at radius 1 is 1.60 bits per heavy atom. The lowest BCUT2D eigenvalue weighted by Gasteiger charge is -2.40. The van der Waals surface area contributed by atoms with Crippen molar-refractivity contribution in [3.8, 4) is 0 Å². The summed E-state index contributed by atoms with van der Waals surface area (Å²) < 4.78 is 4.92. The van der Waals surface area contributed by atoms with Crippen LogP contribution in [-0.4, -0.2) is 16.2 Å². The molecule has 1 fully saturated rings. The number of rotatable bonds is 3. The van der Waals surface area contributed by atoms with Crippen LogP contribution in [0.2, 0.25) is 0 Å². The molecular weight excluding hydrogens is 190 g/mol. The molecule has 1 aromatic rings. The number of nitrogens with one attached hydrogen (secondary N) is 1. The van der Waals surface area contributed by atoms with Crippen LogP contribution in [0.15, 0.2) is 16.7 Å². The fourth-order valence-corrected chi connectivity index (χ4v) is 2.58. The lowest BCUT2D eigenvalue weighted by molar-refractivity contribution is 0.161. The maximum Gasteiger partial charge on any atom is 0.223 e. The molecule has 0 amide bonds. The monoisotopic (exact) mass is 205 g/mol. The molecule has 0 spiro atoms. The zero-order valence-corrected chi connectivity index (χ0v) is 8.81. The minimum Gasteiger partial charge on any atom is -0.340 e. The number of aromatic nitrogens is 2. The first-order valence-electron chi connectivity index (χ1n) is 5.52. The molecule has 0 saturated heterocycles. The van der Waals surface area contributed by atoms with Gasteiger partial charge in [-0.25, -0.2) is 0 Å². The number of hydrogen-bond donors (Lipinski definition) is 1. The van der Waals surface area contributed by atoms with Gasteiger partial charge in [0.15, 0.2) is 5.82 Å². The molecule has 1 aromatic heterocycles. The van der Waals surface area contributed by atoms with E-state index < -0.39 is 0 Å². The normalized spacial score (nSPS) is 32.7. The molecule has 1 N–H and O–H groups in total. The summed E-state index contributed by atoms with van der Waals surface area (Å²) >= 11 is 0. The fraction of sp³-hybridized carbons (Fsp3) is 0.636. The molecule has 4 heteroatoms. The van der Waals surface area contributed by atoms with Crippen LogP contribution in [-0.2, 0) is 6.54 Å². The van der Waals surface area contributed by atoms with Crippen molar-refractivity contribution in [3.63, 3.8) is 0 Å². The largest absolute Gasteiger partial charge is 0.340 e. The van der Waals surface area contributed by atoms with Crippen molar-refractivity contribution in [3.05, 3.63) is 23.9 Å². The molecule has 2 aliphatic carbocycles. The van der Waals surface area contributed by atoms with Crippen LogP contribution < -0.4 is 5.32 Å². The first-order chi connectivity index (χ1) is 7.33. The summed E-state index contributed by atoms with van der Waals surface area (Å²) in [4.78, 5) is 4.17. The molecule has 1 heterocycles. The second kappa shape index (κ2) is 3.45. The third-order valence-corrected chi connectivity index (χ3v) is 3.45. The Morgan fingerprint density at radius 3 is 3.27 bits per heavy atom. The van der Waals surface area contributed by atoms with Gasteiger partial charge in [-0.15, -0.1) is 0 Å². The Balaban J connectivity index is 1.53. The van der Waals surface area contributed by atoms with Gasteiger partial charge < -0.3 is 9.84 Å². The topological polar surface area (TPSA) is 51.0 Å². The van der Waals surface area contributed by atoms with E-state index in [1.807, 2.05) is 6.92 Å². The van der Waals surface area contributed by atoms with Crippen LogP contribution in [0.5, 0.6) is 0 Å². The Labute approximate surface area is 88.7 Å². The van der Waals surface area contributed by atoms with E-state index in [0.29, 0.717) is 11.9 Å². The predicted octanol–water partition coefficient (Wildman–Crippen LogP) is 1.43. The highest BCUT2D eigenvalue weighted by molar-refractivity contribution is 5.13. The number of nitrogens with zero attached hydrogens (tertiary/aromatic N) is 2. The summed E-state index contributed by atoms with van der Waals surface area (Å²) in [5.41, 5.74) is 0. The minimum atomic E-state index is 0.618. The summed E-state index contributed by atoms with van der Waals surface area (Å²) in [5.74, 6) is 3.05. The third-order valence-electron chi connectivity index (χ3n) is 3.45. The summed E-state index contributed by atoms with van der Waals surface area (Å²) in [5, 5.41) is 7.35. The van der Waals surface area contributed by atoms with Crippen molar-refractivity contribution in [1.82, 2.24) is 15.5 Å². The van der Waals surface area contributed by atoms with Crippen molar-refractivity contribution < 1.29 is 4.52 Å². The van der Waals surface area contributed by atoms with Gasteiger partial charge in [0, 0.05) is 13.0 Å². The van der Waals surface area contributed by atoms with Gasteiger partial charge in [-0.2, -0.15) is 4.98 Å². The molecule has 3 rings (SSSR count). The molecule has 3 unspecified atom stereocenters. The summed E-state index contributed by atoms with van der Waals surface area (Å²) in [6, 6.07) is 0.618. The van der Waals surface area contributed by atoms with Gasteiger partial charge in [0.1, 0.15) is 0 Å². The number of aryl methyl sites for hydroxylation is 1. The Hall–Kier alpha value is -1.16. The van der Waals surface area contributed by atoms with E-state index in [0.717, 1.165) is 24.2 Å². The van der Waals surface area contributed by atoms with E-state index in [2.05, 4.69) is 27.6 Å². The quantitative estimate of drug-likeness (QED) is 0.758. The lowest BCUT2D eigenvalue weighted by atomic mass is 9.71. The van der Waals surface area contributed by atoms with Crippen LogP contribution in [0.4, 0.5) is 0 Å². The second-order valence-corrected chi connectivity index (χ2v) is 4.45. The highest BCUT2D eigenvalue weighted by atomic mass is 16.5. The van der Waals surface area contributed by atoms with E-state index in [1.165, 1.54) is 12.8 Å². The van der Waals surface area contributed by atoms with Crippen LogP contribution in [0.3, 0.4) is 0 Å². The number of hydrogen-bond acceptors (Lipinski definition) is 4. The molecule has 15 heavy (non-hydrogen) atoms. The highest BCUT2D eigenvalue weighted by Crippen LogP contribution is 2.42. The zero-order chi connectivity index (χ0) is 10.3. The van der Waals surface area contributed by atoms with E-state index in [4.69, 9.17) is 4.52 Å². The smallest absolute Gasteiger partial charge is 0.223 e. The maximum absolute atomic E-state index is 4.92. The van der Waals surface area contributed by atoms with Gasteiger partial charge in [0.25, 0.3) is 0 Å². The zero-order valence-electron chi connectivity index (χ0n) is 8.81. The van der Waals surface area contributed by atoms with E-state index in [1.54, 1.807) is 0 Å². The summed E-state index contributed by atoms with van der Waals surface area (Å²) in [7, 11) is 0. The molecule has 0 radical (unpaired) electrons. The van der Waals surface area contributed by atoms with Crippen LogP contribution >= 0.6 is 0 Å². The molecule has 0 bridgehead atoms. The van der Waals surface area contributed by atoms with Gasteiger partial charge in [0.05, 0.1) is 6.54 Å². The van der Waals surface area contributed by atoms with Gasteiger partial charge >= 0.3 is 0 Å². The highest BCUT2D eigenvalue weighted by Gasteiger charge is 2.40. The van der Waals surface area contributed by atoms with Gasteiger partial charge in [-0.3, -0.25) is 0 Å². The molecule has 0 aromatic carbocycles. The number of fused-ring (bicyclic) bond motifs is 1. The third kappa shape index (κ3) is 1.59. The van der Waals surface area contributed by atoms with E-state index in [9.17, 15) is 0 Å². The lowest BCUT2D eigenvalue weighted by Crippen LogP contribution is -2.47. The summed E-state index contributed by atoms with van der Waals surface area (Å²) in [6.45, 7) is 2.54. The van der Waals surface area contributed by atoms with Crippen molar-refractivity contribution in [2.45, 2.75) is 32.4 Å². The molecule has 1 saturated carbocycles. The van der Waals surface area contributed by atoms with Crippen molar-refractivity contribution in [2.24, 2.45) is 11.8 Å². The summed E-state index contributed by atoms with van der Waals surface area (Å²) in [6.07, 6.45) is 7.20. The molecule has 4 nitrogen and oxygen atoms in total. The first kappa shape index (κ1) is 9.09. The van der Waals surface area contributed by atoms with Crippen molar-refractivity contribution >= 4 is 0 Å². The van der Waals surface area contributed by atoms with Gasteiger partial charge in [-0.1, -0.05) is 17.3 Å². The Kier molecular flexibility index (Phi) is 2.09. The second-order valence-electron chi connectivity index (χ2n) is 4.45. The molecular formula is C11H15N3O. The molecule has 3 atom stereocenters. The average Bonchev–Trinajstić information content (AvgIpc) is 2.75. The van der Waals surface area contributed by atoms with Crippen molar-refractivity contribution in [1.29, 1.82) is 0 Å². The minimum absolute atomic E-state index is 0.618. The Morgan fingerprint density at radius 2 is 2.53 bits per heavy atom. The van der Waals surface area contributed by atoms with Crippen LogP contribution in [0.1, 0.15) is 24.6 Å². The molecule has 0 aliphatic heterocycles. The maximum atomic E-state index is 4.92.